The number of anilines is 3. The maximum absolute atomic E-state index is 6.89. The first kappa shape index (κ1) is 30.0. The third-order valence-corrected chi connectivity index (χ3v) is 11.8. The van der Waals surface area contributed by atoms with Crippen LogP contribution in [0.5, 0.6) is 0 Å². The quantitative estimate of drug-likeness (QED) is 0.167. The minimum atomic E-state index is 0.864. The summed E-state index contributed by atoms with van der Waals surface area (Å²) in [4.78, 5) is 2.40. The molecule has 0 fully saturated rings. The Hall–Kier alpha value is -6.68. The predicted octanol–water partition coefficient (Wildman–Crippen LogP) is 15.1. The summed E-state index contributed by atoms with van der Waals surface area (Å²) in [6.07, 6.45) is 0. The molecule has 0 radical (unpaired) electrons. The van der Waals surface area contributed by atoms with Crippen molar-refractivity contribution in [2.45, 2.75) is 0 Å². The van der Waals surface area contributed by atoms with Gasteiger partial charge in [-0.15, -0.1) is 11.3 Å². The molecule has 9 aromatic carbocycles. The summed E-state index contributed by atoms with van der Waals surface area (Å²) >= 11 is 1.85. The van der Waals surface area contributed by atoms with Gasteiger partial charge in [0.05, 0.1) is 11.4 Å². The van der Waals surface area contributed by atoms with Gasteiger partial charge in [-0.05, 0) is 86.9 Å². The molecule has 248 valence electrons. The van der Waals surface area contributed by atoms with Crippen LogP contribution >= 0.6 is 11.3 Å². The third-order valence-electron chi connectivity index (χ3n) is 10.7. The Kier molecular flexibility index (Phi) is 6.76. The molecule has 0 atom stereocenters. The van der Waals surface area contributed by atoms with E-state index in [4.69, 9.17) is 4.42 Å². The van der Waals surface area contributed by atoms with E-state index in [0.717, 1.165) is 50.1 Å². The lowest BCUT2D eigenvalue weighted by atomic mass is 9.96. The molecule has 2 heterocycles. The third kappa shape index (κ3) is 4.78. The molecule has 0 bridgehead atoms. The van der Waals surface area contributed by atoms with E-state index in [1.165, 1.54) is 52.8 Å². The molecule has 0 unspecified atom stereocenters. The summed E-state index contributed by atoms with van der Waals surface area (Å²) in [6.45, 7) is 0. The summed E-state index contributed by atoms with van der Waals surface area (Å²) < 4.78 is 9.53. The van der Waals surface area contributed by atoms with Crippen molar-refractivity contribution in [2.75, 3.05) is 4.90 Å². The fourth-order valence-electron chi connectivity index (χ4n) is 8.18. The molecule has 0 amide bonds. The molecule has 0 spiro atoms. The normalized spacial score (nSPS) is 11.8. The maximum Gasteiger partial charge on any atom is 0.160 e. The molecule has 3 heteroatoms. The van der Waals surface area contributed by atoms with Crippen molar-refractivity contribution < 1.29 is 4.42 Å². The summed E-state index contributed by atoms with van der Waals surface area (Å²) in [6, 6.07) is 67.9. The zero-order valence-electron chi connectivity index (χ0n) is 28.7. The summed E-state index contributed by atoms with van der Waals surface area (Å²) in [5.41, 5.74) is 9.62. The Morgan fingerprint density at radius 1 is 0.396 bits per heavy atom. The Morgan fingerprint density at radius 3 is 1.91 bits per heavy atom. The van der Waals surface area contributed by atoms with Gasteiger partial charge in [-0.25, -0.2) is 0 Å². The average molecular weight is 694 g/mol. The molecular formula is C50H31NOS. The van der Waals surface area contributed by atoms with E-state index in [-0.39, 0.29) is 0 Å². The minimum absolute atomic E-state index is 0.864. The number of thiophene rings is 1. The second-order valence-electron chi connectivity index (χ2n) is 13.7. The molecule has 0 N–H and O–H groups in total. The number of fused-ring (bicyclic) bond motifs is 9. The second kappa shape index (κ2) is 11.9. The van der Waals surface area contributed by atoms with E-state index in [1.54, 1.807) is 0 Å². The lowest BCUT2D eigenvalue weighted by Crippen LogP contribution is -2.11. The molecule has 11 aromatic rings. The van der Waals surface area contributed by atoms with Crippen molar-refractivity contribution in [1.29, 1.82) is 0 Å². The average Bonchev–Trinajstić information content (AvgIpc) is 3.81. The lowest BCUT2D eigenvalue weighted by Gasteiger charge is -2.28. The fraction of sp³-hybridized carbons (Fsp3) is 0. The Bertz CT molecular complexity index is 3170. The first-order valence-electron chi connectivity index (χ1n) is 18.0. The lowest BCUT2D eigenvalue weighted by molar-refractivity contribution is 0.669. The fourth-order valence-corrected chi connectivity index (χ4v) is 9.27. The van der Waals surface area contributed by atoms with E-state index in [1.807, 2.05) is 11.3 Å². The Balaban J connectivity index is 1.16. The van der Waals surface area contributed by atoms with Gasteiger partial charge in [0.25, 0.3) is 0 Å². The van der Waals surface area contributed by atoms with Crippen molar-refractivity contribution in [3.8, 4) is 22.3 Å². The molecule has 53 heavy (non-hydrogen) atoms. The van der Waals surface area contributed by atoms with Crippen molar-refractivity contribution in [1.82, 2.24) is 0 Å². The molecule has 0 aliphatic heterocycles. The molecule has 0 saturated heterocycles. The van der Waals surface area contributed by atoms with E-state index >= 15 is 0 Å². The van der Waals surface area contributed by atoms with Crippen LogP contribution in [0, 0.1) is 0 Å². The van der Waals surface area contributed by atoms with Crippen LogP contribution in [-0.2, 0) is 0 Å². The van der Waals surface area contributed by atoms with Gasteiger partial charge >= 0.3 is 0 Å². The molecular weight excluding hydrogens is 663 g/mol. The van der Waals surface area contributed by atoms with E-state index in [9.17, 15) is 0 Å². The van der Waals surface area contributed by atoms with E-state index in [0.29, 0.717) is 0 Å². The van der Waals surface area contributed by atoms with Gasteiger partial charge in [-0.3, -0.25) is 0 Å². The number of furan rings is 1. The highest BCUT2D eigenvalue weighted by Gasteiger charge is 2.24. The standard InChI is InChI=1S/C50H31NOS/c1-2-12-33(13-3-1)38-27-28-44(50-49(38)42-19-8-10-20-46(42)52-50)51(45-31-35-14-4-5-15-37(35)39-16-6-7-17-40(39)45)36-25-22-32(23-26-36)34-24-29-48-43(30-34)41-18-9-11-21-47(41)53-48/h1-31H. The zero-order chi connectivity index (χ0) is 34.9. The summed E-state index contributed by atoms with van der Waals surface area (Å²) in [7, 11) is 0. The maximum atomic E-state index is 6.89. The molecule has 2 aromatic heterocycles. The van der Waals surface area contributed by atoms with Crippen molar-refractivity contribution in [3.63, 3.8) is 0 Å². The van der Waals surface area contributed by atoms with Crippen LogP contribution in [0.2, 0.25) is 0 Å². The molecule has 0 aliphatic carbocycles. The minimum Gasteiger partial charge on any atom is -0.454 e. The van der Waals surface area contributed by atoms with Gasteiger partial charge in [0.15, 0.2) is 5.58 Å². The van der Waals surface area contributed by atoms with Gasteiger partial charge in [0.2, 0.25) is 0 Å². The summed E-state index contributed by atoms with van der Waals surface area (Å²) in [5.74, 6) is 0. The van der Waals surface area contributed by atoms with Crippen LogP contribution in [0.4, 0.5) is 17.1 Å². The molecule has 0 saturated carbocycles. The van der Waals surface area contributed by atoms with Crippen LogP contribution in [-0.4, -0.2) is 0 Å². The van der Waals surface area contributed by atoms with Crippen LogP contribution in [0.3, 0.4) is 0 Å². The van der Waals surface area contributed by atoms with Crippen molar-refractivity contribution in [2.24, 2.45) is 0 Å². The highest BCUT2D eigenvalue weighted by Crippen LogP contribution is 2.48. The van der Waals surface area contributed by atoms with Gasteiger partial charge in [0.1, 0.15) is 5.58 Å². The molecule has 0 aliphatic rings. The van der Waals surface area contributed by atoms with E-state index in [2.05, 4.69) is 193 Å². The van der Waals surface area contributed by atoms with Gasteiger partial charge in [-0.2, -0.15) is 0 Å². The first-order valence-corrected chi connectivity index (χ1v) is 18.8. The summed E-state index contributed by atoms with van der Waals surface area (Å²) in [5, 5.41) is 9.69. The number of hydrogen-bond acceptors (Lipinski definition) is 3. The SMILES string of the molecule is c1ccc(-c2ccc(N(c3ccc(-c4ccc5sc6ccccc6c5c4)cc3)c3cc4ccccc4c4ccccc34)c3oc4ccccc4c23)cc1. The largest absolute Gasteiger partial charge is 0.454 e. The van der Waals surface area contributed by atoms with Gasteiger partial charge < -0.3 is 9.32 Å². The smallest absolute Gasteiger partial charge is 0.160 e. The van der Waals surface area contributed by atoms with Crippen LogP contribution in [0.1, 0.15) is 0 Å². The van der Waals surface area contributed by atoms with Gasteiger partial charge in [-0.1, -0.05) is 140 Å². The molecule has 2 nitrogen and oxygen atoms in total. The Labute approximate surface area is 310 Å². The number of nitrogens with zero attached hydrogens (tertiary/aromatic N) is 1. The number of hydrogen-bond donors (Lipinski definition) is 0. The van der Waals surface area contributed by atoms with Gasteiger partial charge in [0, 0.05) is 42.0 Å². The number of rotatable bonds is 5. The highest BCUT2D eigenvalue weighted by molar-refractivity contribution is 7.25. The van der Waals surface area contributed by atoms with Crippen LogP contribution in [0.25, 0.3) is 85.9 Å². The predicted molar refractivity (Wildman–Crippen MR) is 227 cm³/mol. The zero-order valence-corrected chi connectivity index (χ0v) is 29.5. The highest BCUT2D eigenvalue weighted by atomic mass is 32.1. The molecule has 11 rings (SSSR count). The van der Waals surface area contributed by atoms with Crippen molar-refractivity contribution >= 4 is 92.1 Å². The number of para-hydroxylation sites is 1. The van der Waals surface area contributed by atoms with Crippen LogP contribution < -0.4 is 4.90 Å². The first-order chi connectivity index (χ1) is 26.3. The monoisotopic (exact) mass is 693 g/mol. The topological polar surface area (TPSA) is 16.4 Å². The number of benzene rings is 9. The second-order valence-corrected chi connectivity index (χ2v) is 14.7. The van der Waals surface area contributed by atoms with Crippen molar-refractivity contribution in [3.05, 3.63) is 188 Å². The van der Waals surface area contributed by atoms with Crippen LogP contribution in [0.15, 0.2) is 192 Å². The van der Waals surface area contributed by atoms with E-state index < -0.39 is 0 Å². The Morgan fingerprint density at radius 2 is 1.06 bits per heavy atom.